The van der Waals surface area contributed by atoms with Gasteiger partial charge in [-0.15, -0.1) is 0 Å². The third-order valence-electron chi connectivity index (χ3n) is 5.24. The normalized spacial score (nSPS) is 14.3. The van der Waals surface area contributed by atoms with Crippen LogP contribution in [0, 0.1) is 6.92 Å². The molecule has 2 aromatic rings. The van der Waals surface area contributed by atoms with E-state index in [-0.39, 0.29) is 23.0 Å². The Hall–Kier alpha value is -2.34. The summed E-state index contributed by atoms with van der Waals surface area (Å²) in [6.07, 6.45) is 2.37. The summed E-state index contributed by atoms with van der Waals surface area (Å²) in [7, 11) is -1.72. The van der Waals surface area contributed by atoms with Gasteiger partial charge in [0.25, 0.3) is 0 Å². The van der Waals surface area contributed by atoms with Crippen molar-refractivity contribution in [2.75, 3.05) is 30.8 Å². The average Bonchev–Trinajstić information content (AvgIpc) is 3.21. The van der Waals surface area contributed by atoms with Crippen LogP contribution in [0.2, 0.25) is 0 Å². The second-order valence-electron chi connectivity index (χ2n) is 7.45. The molecule has 1 amide bonds. The van der Waals surface area contributed by atoms with Crippen LogP contribution in [0.25, 0.3) is 0 Å². The average molecular weight is 401 g/mol. The molecule has 3 rings (SSSR count). The van der Waals surface area contributed by atoms with Crippen molar-refractivity contribution in [1.82, 2.24) is 4.90 Å². The highest BCUT2D eigenvalue weighted by molar-refractivity contribution is 7.91. The van der Waals surface area contributed by atoms with Crippen molar-refractivity contribution in [3.63, 3.8) is 0 Å². The van der Waals surface area contributed by atoms with Gasteiger partial charge >= 0.3 is 0 Å². The molecule has 0 unspecified atom stereocenters. The third kappa shape index (κ3) is 4.93. The Morgan fingerprint density at radius 1 is 1.04 bits per heavy atom. The molecule has 1 fully saturated rings. The number of aryl methyl sites for hydroxylation is 1. The van der Waals surface area contributed by atoms with Gasteiger partial charge in [0.05, 0.1) is 10.6 Å². The summed E-state index contributed by atoms with van der Waals surface area (Å²) in [5.74, 6) is -0.334. The lowest BCUT2D eigenvalue weighted by atomic mass is 10.1. The van der Waals surface area contributed by atoms with Gasteiger partial charge < -0.3 is 9.80 Å². The van der Waals surface area contributed by atoms with E-state index in [4.69, 9.17) is 0 Å². The highest BCUT2D eigenvalue weighted by Crippen LogP contribution is 2.25. The fourth-order valence-corrected chi connectivity index (χ4v) is 4.76. The summed E-state index contributed by atoms with van der Waals surface area (Å²) in [5, 5.41) is 0. The number of nitrogens with zero attached hydrogens (tertiary/aromatic N) is 2. The maximum atomic E-state index is 12.6. The number of sulfone groups is 1. The van der Waals surface area contributed by atoms with Crippen LogP contribution >= 0.6 is 0 Å². The Bertz CT molecular complexity index is 917. The highest BCUT2D eigenvalue weighted by atomic mass is 32.2. The first kappa shape index (κ1) is 20.4. The van der Waals surface area contributed by atoms with Crippen molar-refractivity contribution >= 4 is 21.4 Å². The summed E-state index contributed by atoms with van der Waals surface area (Å²) < 4.78 is 25.0. The fourth-order valence-electron chi connectivity index (χ4n) is 3.53. The van der Waals surface area contributed by atoms with Crippen molar-refractivity contribution in [2.45, 2.75) is 37.6 Å². The van der Waals surface area contributed by atoms with Gasteiger partial charge in [-0.3, -0.25) is 4.79 Å². The number of amides is 1. The Morgan fingerprint density at radius 3 is 2.36 bits per heavy atom. The molecule has 1 aliphatic heterocycles. The van der Waals surface area contributed by atoms with Crippen molar-refractivity contribution in [1.29, 1.82) is 0 Å². The smallest absolute Gasteiger partial charge is 0.223 e. The van der Waals surface area contributed by atoms with Crippen LogP contribution in [-0.2, 0) is 21.2 Å². The predicted octanol–water partition coefficient (Wildman–Crippen LogP) is 3.42. The second-order valence-corrected chi connectivity index (χ2v) is 9.56. The molecule has 1 aliphatic rings. The van der Waals surface area contributed by atoms with Crippen LogP contribution in [0.3, 0.4) is 0 Å². The number of carbonyl (C=O) groups excluding carboxylic acids is 1. The fraction of sp³-hybridized carbons (Fsp3) is 0.409. The summed E-state index contributed by atoms with van der Waals surface area (Å²) in [4.78, 5) is 16.8. The lowest BCUT2D eigenvalue weighted by Crippen LogP contribution is -2.29. The minimum atomic E-state index is -3.46. The molecule has 0 saturated carbocycles. The SMILES string of the molecule is Cc1ccc(S(=O)(=O)CCC(=O)N(C)Cc2ccccc2N2CCCC2)cc1. The molecule has 0 spiro atoms. The first-order valence-corrected chi connectivity index (χ1v) is 11.4. The van der Waals surface area contributed by atoms with E-state index < -0.39 is 9.84 Å². The lowest BCUT2D eigenvalue weighted by molar-refractivity contribution is -0.130. The number of rotatable bonds is 7. The van der Waals surface area contributed by atoms with E-state index in [2.05, 4.69) is 11.0 Å². The van der Waals surface area contributed by atoms with Crippen molar-refractivity contribution in [3.8, 4) is 0 Å². The van der Waals surface area contributed by atoms with Crippen LogP contribution in [0.4, 0.5) is 5.69 Å². The van der Waals surface area contributed by atoms with Crippen LogP contribution in [0.15, 0.2) is 53.4 Å². The molecule has 1 saturated heterocycles. The largest absolute Gasteiger partial charge is 0.371 e. The molecule has 0 aliphatic carbocycles. The molecule has 28 heavy (non-hydrogen) atoms. The van der Waals surface area contributed by atoms with Crippen molar-refractivity contribution < 1.29 is 13.2 Å². The van der Waals surface area contributed by atoms with Gasteiger partial charge in [0.2, 0.25) is 5.91 Å². The molecule has 0 bridgehead atoms. The van der Waals surface area contributed by atoms with E-state index in [1.807, 2.05) is 25.1 Å². The van der Waals surface area contributed by atoms with Gasteiger partial charge in [-0.05, 0) is 43.5 Å². The van der Waals surface area contributed by atoms with Gasteiger partial charge in [0, 0.05) is 38.8 Å². The summed E-state index contributed by atoms with van der Waals surface area (Å²) in [6.45, 7) is 4.48. The monoisotopic (exact) mass is 400 g/mol. The minimum absolute atomic E-state index is 0.0153. The molecule has 150 valence electrons. The quantitative estimate of drug-likeness (QED) is 0.715. The maximum Gasteiger partial charge on any atom is 0.223 e. The standard InChI is InChI=1S/C22H28N2O3S/c1-18-9-11-20(12-10-18)28(26,27)16-13-22(25)23(2)17-19-7-3-4-8-21(19)24-14-5-6-15-24/h3-4,7-12H,5-6,13-17H2,1-2H3. The molecule has 1 heterocycles. The van der Waals surface area contributed by atoms with E-state index >= 15 is 0 Å². The van der Waals surface area contributed by atoms with Crippen LogP contribution in [0.5, 0.6) is 0 Å². The first-order valence-electron chi connectivity index (χ1n) is 9.73. The molecule has 0 N–H and O–H groups in total. The molecule has 5 nitrogen and oxygen atoms in total. The Kier molecular flexibility index (Phi) is 6.39. The van der Waals surface area contributed by atoms with Gasteiger partial charge in [0.15, 0.2) is 9.84 Å². The molecule has 2 aromatic carbocycles. The van der Waals surface area contributed by atoms with E-state index in [0.717, 1.165) is 24.2 Å². The lowest BCUT2D eigenvalue weighted by Gasteiger charge is -2.24. The van der Waals surface area contributed by atoms with E-state index in [1.54, 1.807) is 36.2 Å². The summed E-state index contributed by atoms with van der Waals surface area (Å²) in [5.41, 5.74) is 3.28. The number of benzene rings is 2. The zero-order chi connectivity index (χ0) is 20.1. The van der Waals surface area contributed by atoms with Gasteiger partial charge in [-0.2, -0.15) is 0 Å². The van der Waals surface area contributed by atoms with E-state index in [9.17, 15) is 13.2 Å². The molecular formula is C22H28N2O3S. The molecule has 0 atom stereocenters. The van der Waals surface area contributed by atoms with Gasteiger partial charge in [0.1, 0.15) is 0 Å². The Labute approximate surface area is 167 Å². The van der Waals surface area contributed by atoms with Crippen LogP contribution in [-0.4, -0.2) is 45.1 Å². The zero-order valence-electron chi connectivity index (χ0n) is 16.6. The maximum absolute atomic E-state index is 12.6. The second kappa shape index (κ2) is 8.78. The third-order valence-corrected chi connectivity index (χ3v) is 6.97. The number of hydrogen-bond acceptors (Lipinski definition) is 4. The van der Waals surface area contributed by atoms with Crippen molar-refractivity contribution in [2.24, 2.45) is 0 Å². The first-order chi connectivity index (χ1) is 13.4. The van der Waals surface area contributed by atoms with Gasteiger partial charge in [-0.25, -0.2) is 8.42 Å². The summed E-state index contributed by atoms with van der Waals surface area (Å²) >= 11 is 0. The predicted molar refractivity (Wildman–Crippen MR) is 112 cm³/mol. The topological polar surface area (TPSA) is 57.7 Å². The minimum Gasteiger partial charge on any atom is -0.371 e. The van der Waals surface area contributed by atoms with Crippen LogP contribution in [0.1, 0.15) is 30.4 Å². The molecular weight excluding hydrogens is 372 g/mol. The molecule has 0 aromatic heterocycles. The number of para-hydroxylation sites is 1. The number of carbonyl (C=O) groups is 1. The number of anilines is 1. The summed E-state index contributed by atoms with van der Waals surface area (Å²) in [6, 6.07) is 14.9. The zero-order valence-corrected chi connectivity index (χ0v) is 17.4. The Morgan fingerprint density at radius 2 is 1.68 bits per heavy atom. The van der Waals surface area contributed by atoms with Crippen LogP contribution < -0.4 is 4.90 Å². The van der Waals surface area contributed by atoms with Gasteiger partial charge in [-0.1, -0.05) is 35.9 Å². The van der Waals surface area contributed by atoms with E-state index in [0.29, 0.717) is 6.54 Å². The number of hydrogen-bond donors (Lipinski definition) is 0. The van der Waals surface area contributed by atoms with E-state index in [1.165, 1.54) is 18.5 Å². The van der Waals surface area contributed by atoms with Crippen molar-refractivity contribution in [3.05, 3.63) is 59.7 Å². The highest BCUT2D eigenvalue weighted by Gasteiger charge is 2.20. The Balaban J connectivity index is 1.62. The molecule has 0 radical (unpaired) electrons. The molecule has 6 heteroatoms.